The van der Waals surface area contributed by atoms with E-state index in [4.69, 9.17) is 4.74 Å². The lowest BCUT2D eigenvalue weighted by Gasteiger charge is -2.15. The van der Waals surface area contributed by atoms with Gasteiger partial charge in [0.05, 0.1) is 25.9 Å². The average molecular weight is 528 g/mol. The van der Waals surface area contributed by atoms with Gasteiger partial charge in [0.2, 0.25) is 5.91 Å². The van der Waals surface area contributed by atoms with Crippen molar-refractivity contribution in [3.8, 4) is 5.75 Å². The summed E-state index contributed by atoms with van der Waals surface area (Å²) in [5.41, 5.74) is 3.32. The lowest BCUT2D eigenvalue weighted by atomic mass is 10.1. The Balaban J connectivity index is 0.00000450. The van der Waals surface area contributed by atoms with Crippen LogP contribution < -0.4 is 15.4 Å². The van der Waals surface area contributed by atoms with Crippen LogP contribution in [0, 0.1) is 0 Å². The molecule has 0 radical (unpaired) electrons. The van der Waals surface area contributed by atoms with Crippen molar-refractivity contribution in [1.82, 2.24) is 25.3 Å². The van der Waals surface area contributed by atoms with Crippen molar-refractivity contribution < 1.29 is 9.53 Å². The van der Waals surface area contributed by atoms with Crippen LogP contribution in [0.2, 0.25) is 0 Å². The number of aromatic nitrogens is 2. The van der Waals surface area contributed by atoms with Crippen molar-refractivity contribution in [2.45, 2.75) is 26.3 Å². The summed E-state index contributed by atoms with van der Waals surface area (Å²) < 4.78 is 7.00. The van der Waals surface area contributed by atoms with Crippen LogP contribution in [0.4, 0.5) is 0 Å². The van der Waals surface area contributed by atoms with Crippen LogP contribution in [0.1, 0.15) is 23.7 Å². The summed E-state index contributed by atoms with van der Waals surface area (Å²) in [7, 11) is 7.04. The highest BCUT2D eigenvalue weighted by atomic mass is 127. The molecule has 2 N–H and O–H groups in total. The van der Waals surface area contributed by atoms with Gasteiger partial charge in [0.25, 0.3) is 0 Å². The van der Waals surface area contributed by atoms with Gasteiger partial charge in [-0.2, -0.15) is 5.10 Å². The molecule has 1 heterocycles. The Bertz CT molecular complexity index is 817. The molecule has 30 heavy (non-hydrogen) atoms. The number of aryl methyl sites for hydroxylation is 2. The molecule has 9 heteroatoms. The van der Waals surface area contributed by atoms with Crippen LogP contribution in [-0.2, 0) is 31.2 Å². The number of hydrogen-bond acceptors (Lipinski definition) is 4. The summed E-state index contributed by atoms with van der Waals surface area (Å²) in [6.07, 6.45) is 3.68. The lowest BCUT2D eigenvalue weighted by molar-refractivity contribution is -0.127. The third-order valence-corrected chi connectivity index (χ3v) is 4.51. The van der Waals surface area contributed by atoms with Gasteiger partial charge in [-0.15, -0.1) is 24.0 Å². The van der Waals surface area contributed by atoms with Crippen molar-refractivity contribution in [1.29, 1.82) is 0 Å². The monoisotopic (exact) mass is 528 g/mol. The number of hydrogen-bond donors (Lipinski definition) is 2. The van der Waals surface area contributed by atoms with Crippen LogP contribution in [0.5, 0.6) is 5.75 Å². The molecule has 0 spiro atoms. The highest BCUT2D eigenvalue weighted by Crippen LogP contribution is 2.11. The summed E-state index contributed by atoms with van der Waals surface area (Å²) in [5, 5.41) is 10.9. The van der Waals surface area contributed by atoms with E-state index in [-0.39, 0.29) is 36.4 Å². The molecule has 0 fully saturated rings. The molecule has 1 aromatic heterocycles. The quantitative estimate of drug-likeness (QED) is 0.296. The smallest absolute Gasteiger partial charge is 0.241 e. The molecule has 0 aliphatic rings. The fourth-order valence-corrected chi connectivity index (χ4v) is 2.79. The molecule has 0 aliphatic heterocycles. The second kappa shape index (κ2) is 13.1. The lowest BCUT2D eigenvalue weighted by Crippen LogP contribution is -2.43. The van der Waals surface area contributed by atoms with Crippen molar-refractivity contribution in [2.24, 2.45) is 12.0 Å². The first-order chi connectivity index (χ1) is 13.9. The SMILES string of the molecule is CCc1nn(C)cc1CN=C(NCCc1ccc(OC)cc1)NCC(=O)N(C)C.I. The number of likely N-dealkylation sites (N-methyl/N-ethyl adjacent to an activating group) is 1. The largest absolute Gasteiger partial charge is 0.497 e. The van der Waals surface area contributed by atoms with E-state index in [9.17, 15) is 4.79 Å². The third kappa shape index (κ3) is 8.21. The van der Waals surface area contributed by atoms with Crippen molar-refractivity contribution in [2.75, 3.05) is 34.3 Å². The third-order valence-electron chi connectivity index (χ3n) is 4.51. The van der Waals surface area contributed by atoms with Crippen LogP contribution in [0.15, 0.2) is 35.5 Å². The van der Waals surface area contributed by atoms with Gasteiger partial charge in [-0.25, -0.2) is 4.99 Å². The second-order valence-corrected chi connectivity index (χ2v) is 6.96. The molecule has 0 atom stereocenters. The maximum Gasteiger partial charge on any atom is 0.241 e. The number of carbonyl (C=O) groups excluding carboxylic acids is 1. The van der Waals surface area contributed by atoms with Crippen LogP contribution in [0.3, 0.4) is 0 Å². The topological polar surface area (TPSA) is 83.8 Å². The zero-order chi connectivity index (χ0) is 21.2. The first-order valence-electron chi connectivity index (χ1n) is 9.79. The molecular formula is C21H33IN6O2. The van der Waals surface area contributed by atoms with Gasteiger partial charge in [0, 0.05) is 39.4 Å². The molecule has 0 aliphatic carbocycles. The predicted octanol–water partition coefficient (Wildman–Crippen LogP) is 1.98. The number of carbonyl (C=O) groups is 1. The summed E-state index contributed by atoms with van der Waals surface area (Å²) in [4.78, 5) is 18.1. The Hall–Kier alpha value is -2.30. The van der Waals surface area contributed by atoms with Crippen molar-refractivity contribution in [3.05, 3.63) is 47.3 Å². The fourth-order valence-electron chi connectivity index (χ4n) is 2.79. The number of amides is 1. The van der Waals surface area contributed by atoms with Gasteiger partial charge in [0.15, 0.2) is 5.96 Å². The molecule has 0 saturated carbocycles. The summed E-state index contributed by atoms with van der Waals surface area (Å²) in [6.45, 7) is 3.47. The molecule has 0 unspecified atom stereocenters. The number of rotatable bonds is 9. The summed E-state index contributed by atoms with van der Waals surface area (Å²) >= 11 is 0. The molecule has 2 aromatic rings. The van der Waals surface area contributed by atoms with E-state index in [0.29, 0.717) is 19.0 Å². The minimum Gasteiger partial charge on any atom is -0.497 e. The molecule has 0 bridgehead atoms. The molecule has 8 nitrogen and oxygen atoms in total. The van der Waals surface area contributed by atoms with Gasteiger partial charge >= 0.3 is 0 Å². The van der Waals surface area contributed by atoms with E-state index in [1.54, 1.807) is 26.1 Å². The van der Waals surface area contributed by atoms with E-state index >= 15 is 0 Å². The van der Waals surface area contributed by atoms with Gasteiger partial charge in [-0.3, -0.25) is 9.48 Å². The van der Waals surface area contributed by atoms with E-state index in [2.05, 4.69) is 27.6 Å². The molecular weight excluding hydrogens is 495 g/mol. The molecule has 166 valence electrons. The maximum absolute atomic E-state index is 11.9. The second-order valence-electron chi connectivity index (χ2n) is 6.96. The Morgan fingerprint density at radius 2 is 1.93 bits per heavy atom. The molecule has 2 rings (SSSR count). The first-order valence-corrected chi connectivity index (χ1v) is 9.79. The summed E-state index contributed by atoms with van der Waals surface area (Å²) in [5.74, 6) is 1.45. The predicted molar refractivity (Wildman–Crippen MR) is 131 cm³/mol. The number of methoxy groups -OCH3 is 1. The van der Waals surface area contributed by atoms with E-state index in [0.717, 1.165) is 29.8 Å². The normalized spacial score (nSPS) is 10.9. The average Bonchev–Trinajstić information content (AvgIpc) is 3.09. The summed E-state index contributed by atoms with van der Waals surface area (Å²) in [6, 6.07) is 7.99. The van der Waals surface area contributed by atoms with Crippen LogP contribution in [-0.4, -0.2) is 60.8 Å². The van der Waals surface area contributed by atoms with Gasteiger partial charge in [-0.05, 0) is 30.5 Å². The Kier molecular flexibility index (Phi) is 11.2. The highest BCUT2D eigenvalue weighted by Gasteiger charge is 2.08. The first kappa shape index (κ1) is 25.7. The zero-order valence-corrected chi connectivity index (χ0v) is 20.8. The highest BCUT2D eigenvalue weighted by molar-refractivity contribution is 14.0. The number of benzene rings is 1. The fraction of sp³-hybridized carbons (Fsp3) is 0.476. The van der Waals surface area contributed by atoms with Crippen LogP contribution >= 0.6 is 24.0 Å². The molecule has 0 saturated heterocycles. The Morgan fingerprint density at radius 3 is 2.53 bits per heavy atom. The number of nitrogens with one attached hydrogen (secondary N) is 2. The van der Waals surface area contributed by atoms with Crippen molar-refractivity contribution >= 4 is 35.8 Å². The maximum atomic E-state index is 11.9. The van der Waals surface area contributed by atoms with Crippen LogP contribution in [0.25, 0.3) is 0 Å². The van der Waals surface area contributed by atoms with Crippen molar-refractivity contribution in [3.63, 3.8) is 0 Å². The Labute approximate surface area is 196 Å². The Morgan fingerprint density at radius 1 is 1.23 bits per heavy atom. The van der Waals surface area contributed by atoms with Gasteiger partial charge in [0.1, 0.15) is 5.75 Å². The van der Waals surface area contributed by atoms with E-state index in [1.807, 2.05) is 42.2 Å². The van der Waals surface area contributed by atoms with Gasteiger partial charge in [-0.1, -0.05) is 19.1 Å². The van der Waals surface area contributed by atoms with E-state index < -0.39 is 0 Å². The number of nitrogens with zero attached hydrogens (tertiary/aromatic N) is 4. The van der Waals surface area contributed by atoms with E-state index in [1.165, 1.54) is 5.56 Å². The number of guanidine groups is 1. The minimum absolute atomic E-state index is 0. The molecule has 1 amide bonds. The zero-order valence-electron chi connectivity index (χ0n) is 18.4. The number of aliphatic imine (C=N–C) groups is 1. The number of ether oxygens (including phenoxy) is 1. The van der Waals surface area contributed by atoms with Gasteiger partial charge < -0.3 is 20.3 Å². The standard InChI is InChI=1S/C21H32N6O2.HI/c1-6-19-17(15-27(4)25-19)13-23-21(24-14-20(28)26(2)3)22-12-11-16-7-9-18(29-5)10-8-16;/h7-10,15H,6,11-14H2,1-5H3,(H2,22,23,24);1H. The minimum atomic E-state index is -0.00900. The molecule has 1 aromatic carbocycles. The number of halogens is 1.